The van der Waals surface area contributed by atoms with Crippen molar-refractivity contribution in [1.82, 2.24) is 4.90 Å². The molecular formula is C18H26N2. The lowest BCUT2D eigenvalue weighted by molar-refractivity contribution is -0.0783. The van der Waals surface area contributed by atoms with E-state index in [2.05, 4.69) is 29.2 Å². The highest BCUT2D eigenvalue weighted by atomic mass is 15.3. The number of hydrogen-bond donors (Lipinski definition) is 1. The lowest BCUT2D eigenvalue weighted by Crippen LogP contribution is -2.64. The van der Waals surface area contributed by atoms with Crippen LogP contribution in [0.3, 0.4) is 0 Å². The van der Waals surface area contributed by atoms with Crippen LogP contribution in [0.15, 0.2) is 24.3 Å². The predicted molar refractivity (Wildman–Crippen MR) is 83.7 cm³/mol. The second kappa shape index (κ2) is 5.07. The number of piperidine rings is 1. The van der Waals surface area contributed by atoms with Gasteiger partial charge in [0.25, 0.3) is 0 Å². The Hall–Kier alpha value is -1.02. The number of rotatable bonds is 2. The minimum absolute atomic E-state index is 0.777. The van der Waals surface area contributed by atoms with Gasteiger partial charge in [0.05, 0.1) is 0 Å². The minimum Gasteiger partial charge on any atom is -0.399 e. The van der Waals surface area contributed by atoms with Crippen molar-refractivity contribution in [3.05, 3.63) is 29.8 Å². The third-order valence-electron chi connectivity index (χ3n) is 5.90. The Labute approximate surface area is 122 Å². The van der Waals surface area contributed by atoms with E-state index in [9.17, 15) is 0 Å². The number of fused-ring (bicyclic) bond motifs is 2. The van der Waals surface area contributed by atoms with Gasteiger partial charge in [0.2, 0.25) is 0 Å². The van der Waals surface area contributed by atoms with Crippen LogP contribution >= 0.6 is 0 Å². The smallest absolute Gasteiger partial charge is 0.0314 e. The molecule has 2 heterocycles. The summed E-state index contributed by atoms with van der Waals surface area (Å²) >= 11 is 0. The van der Waals surface area contributed by atoms with Gasteiger partial charge in [0.1, 0.15) is 0 Å². The van der Waals surface area contributed by atoms with Gasteiger partial charge in [-0.05, 0) is 55.7 Å². The van der Waals surface area contributed by atoms with E-state index in [-0.39, 0.29) is 0 Å². The fraction of sp³-hybridized carbons (Fsp3) is 0.667. The summed E-state index contributed by atoms with van der Waals surface area (Å²) < 4.78 is 0. The maximum absolute atomic E-state index is 5.80. The van der Waals surface area contributed by atoms with E-state index < -0.39 is 0 Å². The topological polar surface area (TPSA) is 29.3 Å². The first-order valence-corrected chi connectivity index (χ1v) is 8.44. The molecule has 0 amide bonds. The third kappa shape index (κ3) is 2.14. The zero-order valence-electron chi connectivity index (χ0n) is 12.3. The van der Waals surface area contributed by atoms with Crippen molar-refractivity contribution in [3.63, 3.8) is 0 Å². The second-order valence-electron chi connectivity index (χ2n) is 7.12. The summed E-state index contributed by atoms with van der Waals surface area (Å²) in [4.78, 5) is 2.90. The van der Waals surface area contributed by atoms with E-state index in [1.807, 2.05) is 0 Å². The fourth-order valence-corrected chi connectivity index (χ4v) is 4.92. The van der Waals surface area contributed by atoms with Crippen molar-refractivity contribution in [2.24, 2.45) is 0 Å². The first-order chi connectivity index (χ1) is 9.81. The van der Waals surface area contributed by atoms with E-state index in [0.717, 1.165) is 29.7 Å². The van der Waals surface area contributed by atoms with Crippen molar-refractivity contribution in [3.8, 4) is 0 Å². The number of nitrogens with two attached hydrogens (primary N) is 1. The van der Waals surface area contributed by atoms with Gasteiger partial charge >= 0.3 is 0 Å². The van der Waals surface area contributed by atoms with Gasteiger partial charge in [-0.1, -0.05) is 31.4 Å². The lowest BCUT2D eigenvalue weighted by Gasteiger charge is -2.59. The summed E-state index contributed by atoms with van der Waals surface area (Å²) in [5.74, 6) is 0.777. The maximum atomic E-state index is 5.80. The molecule has 4 aliphatic rings. The summed E-state index contributed by atoms with van der Waals surface area (Å²) in [6.45, 7) is 0. The van der Waals surface area contributed by atoms with E-state index >= 15 is 0 Å². The molecule has 2 atom stereocenters. The van der Waals surface area contributed by atoms with Gasteiger partial charge in [-0.3, -0.25) is 4.90 Å². The van der Waals surface area contributed by atoms with Crippen LogP contribution in [0.5, 0.6) is 0 Å². The van der Waals surface area contributed by atoms with Crippen molar-refractivity contribution >= 4 is 5.69 Å². The van der Waals surface area contributed by atoms with Gasteiger partial charge in [0.15, 0.2) is 0 Å². The molecule has 2 aliphatic carbocycles. The minimum atomic E-state index is 0.777. The molecule has 0 spiro atoms. The fourth-order valence-electron chi connectivity index (χ4n) is 4.92. The average molecular weight is 270 g/mol. The maximum Gasteiger partial charge on any atom is 0.0314 e. The number of anilines is 1. The molecule has 2 heteroatoms. The van der Waals surface area contributed by atoms with Crippen LogP contribution in [-0.4, -0.2) is 23.0 Å². The van der Waals surface area contributed by atoms with Gasteiger partial charge in [-0.2, -0.15) is 0 Å². The lowest BCUT2D eigenvalue weighted by atomic mass is 9.69. The molecular weight excluding hydrogens is 244 g/mol. The van der Waals surface area contributed by atoms with Gasteiger partial charge in [-0.15, -0.1) is 0 Å². The monoisotopic (exact) mass is 270 g/mol. The van der Waals surface area contributed by atoms with Gasteiger partial charge < -0.3 is 5.73 Å². The number of nitrogens with zero attached hydrogens (tertiary/aromatic N) is 1. The van der Waals surface area contributed by atoms with Crippen LogP contribution < -0.4 is 5.73 Å². The van der Waals surface area contributed by atoms with Crippen molar-refractivity contribution in [2.45, 2.75) is 75.4 Å². The van der Waals surface area contributed by atoms with Crippen LogP contribution in [0, 0.1) is 0 Å². The van der Waals surface area contributed by atoms with E-state index in [4.69, 9.17) is 5.73 Å². The average Bonchev–Trinajstić information content (AvgIpc) is 2.49. The highest BCUT2D eigenvalue weighted by Crippen LogP contribution is 2.48. The standard InChI is InChI=1S/C18H26N2/c19-15-8-6-13(7-9-15)14-10-17-12-18(11-14)20(17)16-4-2-1-3-5-16/h6-9,14,16-18H,1-5,10-12,19H2. The van der Waals surface area contributed by atoms with Crippen molar-refractivity contribution < 1.29 is 0 Å². The zero-order valence-corrected chi connectivity index (χ0v) is 12.3. The van der Waals surface area contributed by atoms with E-state index in [0.29, 0.717) is 0 Å². The number of benzene rings is 1. The van der Waals surface area contributed by atoms with Crippen molar-refractivity contribution in [2.75, 3.05) is 5.73 Å². The van der Waals surface area contributed by atoms with Crippen molar-refractivity contribution in [1.29, 1.82) is 0 Å². The van der Waals surface area contributed by atoms with Gasteiger partial charge in [-0.25, -0.2) is 0 Å². The Morgan fingerprint density at radius 1 is 0.800 bits per heavy atom. The molecule has 5 rings (SSSR count). The molecule has 2 bridgehead atoms. The molecule has 1 aromatic rings. The van der Waals surface area contributed by atoms with Crippen LogP contribution in [0.2, 0.25) is 0 Å². The molecule has 108 valence electrons. The molecule has 0 radical (unpaired) electrons. The van der Waals surface area contributed by atoms with Gasteiger partial charge in [0, 0.05) is 23.8 Å². The normalized spacial score (nSPS) is 34.7. The Bertz CT molecular complexity index is 449. The summed E-state index contributed by atoms with van der Waals surface area (Å²) in [6.07, 6.45) is 11.5. The number of hydrogen-bond acceptors (Lipinski definition) is 2. The van der Waals surface area contributed by atoms with E-state index in [1.165, 1.54) is 56.9 Å². The highest BCUT2D eigenvalue weighted by molar-refractivity contribution is 5.40. The molecule has 20 heavy (non-hydrogen) atoms. The summed E-state index contributed by atoms with van der Waals surface area (Å²) in [5.41, 5.74) is 8.20. The Balaban J connectivity index is 1.43. The van der Waals surface area contributed by atoms with Crippen LogP contribution in [0.25, 0.3) is 0 Å². The third-order valence-corrected chi connectivity index (χ3v) is 5.90. The molecule has 2 saturated carbocycles. The molecule has 2 saturated heterocycles. The molecule has 2 unspecified atom stereocenters. The summed E-state index contributed by atoms with van der Waals surface area (Å²) in [6, 6.07) is 11.3. The Morgan fingerprint density at radius 2 is 1.45 bits per heavy atom. The van der Waals surface area contributed by atoms with E-state index in [1.54, 1.807) is 0 Å². The van der Waals surface area contributed by atoms with Crippen LogP contribution in [0.4, 0.5) is 5.69 Å². The molecule has 2 nitrogen and oxygen atoms in total. The Kier molecular flexibility index (Phi) is 3.22. The quantitative estimate of drug-likeness (QED) is 0.825. The highest BCUT2D eigenvalue weighted by Gasteiger charge is 2.48. The first kappa shape index (κ1) is 12.7. The predicted octanol–water partition coefficient (Wildman–Crippen LogP) is 3.92. The molecule has 2 aliphatic heterocycles. The summed E-state index contributed by atoms with van der Waals surface area (Å²) in [7, 11) is 0. The molecule has 4 fully saturated rings. The van der Waals surface area contributed by atoms with Crippen LogP contribution in [0.1, 0.15) is 62.8 Å². The second-order valence-corrected chi connectivity index (χ2v) is 7.12. The summed E-state index contributed by atoms with van der Waals surface area (Å²) in [5, 5.41) is 0. The molecule has 0 aromatic heterocycles. The molecule has 1 aromatic carbocycles. The number of nitrogen functional groups attached to an aromatic ring is 1. The molecule has 2 N–H and O–H groups in total. The van der Waals surface area contributed by atoms with Crippen LogP contribution in [-0.2, 0) is 0 Å². The SMILES string of the molecule is Nc1ccc(C2CC3CC(C2)N3C2CCCCC2)cc1. The Morgan fingerprint density at radius 3 is 2.10 bits per heavy atom. The first-order valence-electron chi connectivity index (χ1n) is 8.44. The largest absolute Gasteiger partial charge is 0.399 e. The zero-order chi connectivity index (χ0) is 13.5.